The van der Waals surface area contributed by atoms with E-state index >= 15 is 0 Å². The third kappa shape index (κ3) is 3.95. The molecule has 1 N–H and O–H groups in total. The lowest BCUT2D eigenvalue weighted by molar-refractivity contribution is -0.117. The third-order valence-electron chi connectivity index (χ3n) is 4.28. The normalized spacial score (nSPS) is 16.0. The fraction of sp³-hybridized carbons (Fsp3) is 0.263. The van der Waals surface area contributed by atoms with Crippen LogP contribution in [0.4, 0.5) is 11.4 Å². The number of fused-ring (bicyclic) bond motifs is 1. The van der Waals surface area contributed by atoms with Crippen molar-refractivity contribution in [2.45, 2.75) is 38.1 Å². The van der Waals surface area contributed by atoms with Crippen LogP contribution in [0.25, 0.3) is 0 Å². The molecule has 1 heterocycles. The number of rotatable bonds is 4. The van der Waals surface area contributed by atoms with Crippen LogP contribution >= 0.6 is 0 Å². The van der Waals surface area contributed by atoms with Crippen molar-refractivity contribution in [2.75, 3.05) is 10.2 Å². The first-order chi connectivity index (χ1) is 12.7. The summed E-state index contributed by atoms with van der Waals surface area (Å²) in [6.45, 7) is 4.80. The molecule has 27 heavy (non-hydrogen) atoms. The average molecular weight is 388 g/mol. The van der Waals surface area contributed by atoms with Gasteiger partial charge in [-0.2, -0.15) is 8.42 Å². The summed E-state index contributed by atoms with van der Waals surface area (Å²) < 4.78 is 30.4. The van der Waals surface area contributed by atoms with E-state index < -0.39 is 10.1 Å². The summed E-state index contributed by atoms with van der Waals surface area (Å²) in [5, 5.41) is 2.60. The Kier molecular flexibility index (Phi) is 4.93. The summed E-state index contributed by atoms with van der Waals surface area (Å²) in [7, 11) is -4.02. The van der Waals surface area contributed by atoms with Gasteiger partial charge in [-0.05, 0) is 61.4 Å². The van der Waals surface area contributed by atoms with Crippen LogP contribution in [0, 0.1) is 0 Å². The van der Waals surface area contributed by atoms with Crippen LogP contribution in [-0.4, -0.2) is 26.3 Å². The fourth-order valence-corrected chi connectivity index (χ4v) is 4.20. The van der Waals surface area contributed by atoms with Crippen molar-refractivity contribution in [3.05, 3.63) is 48.0 Å². The van der Waals surface area contributed by atoms with Crippen LogP contribution in [0.2, 0.25) is 0 Å². The number of benzene rings is 2. The molecule has 1 aliphatic rings. The second-order valence-corrected chi connectivity index (χ2v) is 8.02. The summed E-state index contributed by atoms with van der Waals surface area (Å²) in [6, 6.07) is 10.7. The molecule has 2 aromatic carbocycles. The maximum Gasteiger partial charge on any atom is 0.339 e. The van der Waals surface area contributed by atoms with Crippen LogP contribution in [0.1, 0.15) is 26.3 Å². The molecule has 0 spiro atoms. The van der Waals surface area contributed by atoms with Crippen molar-refractivity contribution in [1.29, 1.82) is 0 Å². The minimum Gasteiger partial charge on any atom is -0.379 e. The molecule has 7 nitrogen and oxygen atoms in total. The number of carbonyl (C=O) groups is 2. The van der Waals surface area contributed by atoms with Crippen molar-refractivity contribution >= 4 is 33.3 Å². The van der Waals surface area contributed by atoms with Crippen LogP contribution in [-0.2, 0) is 26.1 Å². The Morgan fingerprint density at radius 1 is 1.11 bits per heavy atom. The van der Waals surface area contributed by atoms with E-state index in [1.165, 1.54) is 32.0 Å². The summed E-state index contributed by atoms with van der Waals surface area (Å²) in [5.74, 6) is -0.154. The van der Waals surface area contributed by atoms with E-state index in [4.69, 9.17) is 4.18 Å². The van der Waals surface area contributed by atoms with Gasteiger partial charge in [-0.3, -0.25) is 9.59 Å². The Hall–Kier alpha value is -2.87. The predicted molar refractivity (Wildman–Crippen MR) is 101 cm³/mol. The smallest absolute Gasteiger partial charge is 0.339 e. The summed E-state index contributed by atoms with van der Waals surface area (Å²) in [4.78, 5) is 24.5. The minimum atomic E-state index is -4.02. The Morgan fingerprint density at radius 2 is 1.78 bits per heavy atom. The standard InChI is InChI=1S/C19H20N2O5S/c1-12-10-15-11-18(8-9-19(15)21(12)14(3)23)27(24,25)26-17-6-4-16(5-7-17)20-13(2)22/h4-9,11-12H,10H2,1-3H3,(H,20,22). The zero-order valence-corrected chi connectivity index (χ0v) is 16.0. The molecule has 1 atom stereocenters. The molecule has 1 aliphatic heterocycles. The maximum atomic E-state index is 12.6. The van der Waals surface area contributed by atoms with Crippen LogP contribution in [0.3, 0.4) is 0 Å². The van der Waals surface area contributed by atoms with Gasteiger partial charge < -0.3 is 14.4 Å². The van der Waals surface area contributed by atoms with Gasteiger partial charge in [0.15, 0.2) is 0 Å². The number of nitrogens with one attached hydrogen (secondary N) is 1. The van der Waals surface area contributed by atoms with Crippen LogP contribution < -0.4 is 14.4 Å². The van der Waals surface area contributed by atoms with E-state index in [0.29, 0.717) is 12.1 Å². The molecule has 0 saturated heterocycles. The molecule has 0 saturated carbocycles. The molecule has 0 aliphatic carbocycles. The average Bonchev–Trinajstić information content (AvgIpc) is 2.91. The highest BCUT2D eigenvalue weighted by Crippen LogP contribution is 2.34. The monoisotopic (exact) mass is 388 g/mol. The van der Waals surface area contributed by atoms with E-state index in [2.05, 4.69) is 5.32 Å². The van der Waals surface area contributed by atoms with Gasteiger partial charge >= 0.3 is 10.1 Å². The lowest BCUT2D eigenvalue weighted by Gasteiger charge is -2.20. The first-order valence-corrected chi connectivity index (χ1v) is 9.83. The lowest BCUT2D eigenvalue weighted by Crippen LogP contribution is -2.33. The molecular weight excluding hydrogens is 368 g/mol. The van der Waals surface area contributed by atoms with Crippen molar-refractivity contribution in [3.8, 4) is 5.75 Å². The van der Waals surface area contributed by atoms with Crippen LogP contribution in [0.15, 0.2) is 47.4 Å². The van der Waals surface area contributed by atoms with Crippen molar-refractivity contribution in [2.24, 2.45) is 0 Å². The molecule has 0 aromatic heterocycles. The van der Waals surface area contributed by atoms with Gasteiger partial charge in [-0.15, -0.1) is 0 Å². The number of hydrogen-bond acceptors (Lipinski definition) is 5. The molecule has 2 amide bonds. The van der Waals surface area contributed by atoms with Crippen LogP contribution in [0.5, 0.6) is 5.75 Å². The Morgan fingerprint density at radius 3 is 2.37 bits per heavy atom. The Bertz CT molecular complexity index is 999. The van der Waals surface area contributed by atoms with Gasteiger partial charge in [-0.25, -0.2) is 0 Å². The molecule has 1 unspecified atom stereocenters. The SMILES string of the molecule is CC(=O)Nc1ccc(OS(=O)(=O)c2ccc3c(c2)CC(C)N3C(C)=O)cc1. The maximum absolute atomic E-state index is 12.6. The summed E-state index contributed by atoms with van der Waals surface area (Å²) >= 11 is 0. The van der Waals surface area contributed by atoms with Crippen molar-refractivity contribution < 1.29 is 22.2 Å². The number of anilines is 2. The van der Waals surface area contributed by atoms with Gasteiger partial charge in [0.25, 0.3) is 0 Å². The molecular formula is C19H20N2O5S. The van der Waals surface area contributed by atoms with Crippen molar-refractivity contribution in [3.63, 3.8) is 0 Å². The molecule has 142 valence electrons. The fourth-order valence-electron chi connectivity index (χ4n) is 3.21. The lowest BCUT2D eigenvalue weighted by atomic mass is 10.1. The number of carbonyl (C=O) groups excluding carboxylic acids is 2. The highest BCUT2D eigenvalue weighted by atomic mass is 32.2. The van der Waals surface area contributed by atoms with E-state index in [1.807, 2.05) is 6.92 Å². The second-order valence-electron chi connectivity index (χ2n) is 6.48. The zero-order chi connectivity index (χ0) is 19.8. The third-order valence-corrected chi connectivity index (χ3v) is 5.52. The predicted octanol–water partition coefficient (Wildman–Crippen LogP) is 2.71. The summed E-state index contributed by atoms with van der Waals surface area (Å²) in [6.07, 6.45) is 0.587. The first-order valence-electron chi connectivity index (χ1n) is 8.42. The Balaban J connectivity index is 1.83. The van der Waals surface area contributed by atoms with E-state index in [9.17, 15) is 18.0 Å². The number of hydrogen-bond donors (Lipinski definition) is 1. The van der Waals surface area contributed by atoms with Gasteiger partial charge in [0.05, 0.1) is 0 Å². The Labute approximate surface area is 158 Å². The molecule has 2 aromatic rings. The van der Waals surface area contributed by atoms with Gasteiger partial charge in [-0.1, -0.05) is 0 Å². The van der Waals surface area contributed by atoms with E-state index in [0.717, 1.165) is 11.3 Å². The van der Waals surface area contributed by atoms with Gasteiger partial charge in [0, 0.05) is 31.3 Å². The quantitative estimate of drug-likeness (QED) is 0.813. The van der Waals surface area contributed by atoms with E-state index in [-0.39, 0.29) is 28.5 Å². The summed E-state index contributed by atoms with van der Waals surface area (Å²) in [5.41, 5.74) is 2.07. The molecule has 8 heteroatoms. The highest BCUT2D eigenvalue weighted by molar-refractivity contribution is 7.87. The molecule has 0 fully saturated rings. The first kappa shape index (κ1) is 18.9. The van der Waals surface area contributed by atoms with E-state index in [1.54, 1.807) is 29.2 Å². The molecule has 3 rings (SSSR count). The highest BCUT2D eigenvalue weighted by Gasteiger charge is 2.30. The number of amides is 2. The molecule has 0 radical (unpaired) electrons. The number of nitrogens with zero attached hydrogens (tertiary/aromatic N) is 1. The van der Waals surface area contributed by atoms with Gasteiger partial charge in [0.2, 0.25) is 11.8 Å². The minimum absolute atomic E-state index is 0.0160. The topological polar surface area (TPSA) is 92.8 Å². The zero-order valence-electron chi connectivity index (χ0n) is 15.2. The molecule has 0 bridgehead atoms. The van der Waals surface area contributed by atoms with Gasteiger partial charge in [0.1, 0.15) is 10.6 Å². The second kappa shape index (κ2) is 7.03. The van der Waals surface area contributed by atoms with Crippen molar-refractivity contribution in [1.82, 2.24) is 0 Å². The largest absolute Gasteiger partial charge is 0.379 e.